The molecule has 130 valence electrons. The zero-order chi connectivity index (χ0) is 18.4. The zero-order valence-electron chi connectivity index (χ0n) is 13.1. The first-order valence-electron chi connectivity index (χ1n) is 7.25. The molecule has 0 aliphatic heterocycles. The highest BCUT2D eigenvalue weighted by Gasteiger charge is 2.18. The van der Waals surface area contributed by atoms with Crippen molar-refractivity contribution in [2.75, 3.05) is 5.32 Å². The summed E-state index contributed by atoms with van der Waals surface area (Å²) in [6, 6.07) is 9.99. The van der Waals surface area contributed by atoms with E-state index in [0.29, 0.717) is 6.07 Å². The first kappa shape index (κ1) is 18.8. The van der Waals surface area contributed by atoms with E-state index in [-0.39, 0.29) is 5.69 Å². The van der Waals surface area contributed by atoms with Gasteiger partial charge in [0.1, 0.15) is 11.6 Å². The van der Waals surface area contributed by atoms with E-state index in [9.17, 15) is 18.4 Å². The molecule has 0 heterocycles. The van der Waals surface area contributed by atoms with Crippen LogP contribution in [0, 0.1) is 11.6 Å². The monoisotopic (exact) mass is 409 g/mol. The fourth-order valence-corrected chi connectivity index (χ4v) is 2.28. The van der Waals surface area contributed by atoms with E-state index in [0.717, 1.165) is 22.2 Å². The molecule has 0 radical (unpaired) electrons. The van der Waals surface area contributed by atoms with Crippen molar-refractivity contribution in [1.82, 2.24) is 0 Å². The molecule has 0 aliphatic carbocycles. The van der Waals surface area contributed by atoms with Gasteiger partial charge in [-0.2, -0.15) is 0 Å². The first-order valence-corrected chi connectivity index (χ1v) is 8.04. The minimum absolute atomic E-state index is 0.195. The van der Waals surface area contributed by atoms with E-state index in [1.54, 1.807) is 12.1 Å². The van der Waals surface area contributed by atoms with E-state index in [1.807, 2.05) is 12.1 Å². The van der Waals surface area contributed by atoms with E-state index in [4.69, 9.17) is 4.74 Å². The van der Waals surface area contributed by atoms with Crippen LogP contribution in [0.3, 0.4) is 0 Å². The Morgan fingerprint density at radius 3 is 2.64 bits per heavy atom. The molecule has 1 amide bonds. The highest BCUT2D eigenvalue weighted by Crippen LogP contribution is 2.16. The summed E-state index contributed by atoms with van der Waals surface area (Å²) in [6.07, 6.45) is 1.57. The second-order valence-electron chi connectivity index (χ2n) is 5.08. The standard InChI is InChI=1S/C18H14BrF2NO3/c1-11(18(24)22-16-7-6-14(20)10-15(16)21)25-17(23)8-5-12-3-2-4-13(19)9-12/h2-11H,1H3,(H,22,24)/b8-5+/t11-/m0/s1. The maximum absolute atomic E-state index is 13.5. The van der Waals surface area contributed by atoms with Crippen molar-refractivity contribution in [3.8, 4) is 0 Å². The maximum atomic E-state index is 13.5. The normalized spacial score (nSPS) is 12.0. The summed E-state index contributed by atoms with van der Waals surface area (Å²) in [7, 11) is 0. The number of anilines is 1. The van der Waals surface area contributed by atoms with Crippen molar-refractivity contribution in [2.45, 2.75) is 13.0 Å². The van der Waals surface area contributed by atoms with Gasteiger partial charge in [0.05, 0.1) is 5.69 Å². The van der Waals surface area contributed by atoms with Crippen LogP contribution in [0.4, 0.5) is 14.5 Å². The summed E-state index contributed by atoms with van der Waals surface area (Å²) in [5, 5.41) is 2.24. The van der Waals surface area contributed by atoms with Crippen LogP contribution in [0.2, 0.25) is 0 Å². The molecule has 25 heavy (non-hydrogen) atoms. The first-order chi connectivity index (χ1) is 11.8. The van der Waals surface area contributed by atoms with Gasteiger partial charge in [-0.05, 0) is 42.8 Å². The third-order valence-electron chi connectivity index (χ3n) is 3.11. The largest absolute Gasteiger partial charge is 0.449 e. The topological polar surface area (TPSA) is 55.4 Å². The number of nitrogens with one attached hydrogen (secondary N) is 1. The summed E-state index contributed by atoms with van der Waals surface area (Å²) in [5.74, 6) is -3.12. The number of amides is 1. The maximum Gasteiger partial charge on any atom is 0.331 e. The average Bonchev–Trinajstić information content (AvgIpc) is 2.55. The number of carbonyl (C=O) groups is 2. The van der Waals surface area contributed by atoms with Gasteiger partial charge < -0.3 is 10.1 Å². The van der Waals surface area contributed by atoms with Crippen LogP contribution in [-0.4, -0.2) is 18.0 Å². The van der Waals surface area contributed by atoms with Gasteiger partial charge >= 0.3 is 5.97 Å². The van der Waals surface area contributed by atoms with Crippen LogP contribution < -0.4 is 5.32 Å². The summed E-state index contributed by atoms with van der Waals surface area (Å²) < 4.78 is 32.1. The van der Waals surface area contributed by atoms with Crippen LogP contribution in [0.1, 0.15) is 12.5 Å². The van der Waals surface area contributed by atoms with Crippen LogP contribution in [0.5, 0.6) is 0 Å². The fraction of sp³-hybridized carbons (Fsp3) is 0.111. The van der Waals surface area contributed by atoms with Gasteiger partial charge in [0.25, 0.3) is 5.91 Å². The lowest BCUT2D eigenvalue weighted by molar-refractivity contribution is -0.148. The molecule has 0 unspecified atom stereocenters. The lowest BCUT2D eigenvalue weighted by Crippen LogP contribution is -2.29. The van der Waals surface area contributed by atoms with Gasteiger partial charge in [-0.1, -0.05) is 28.1 Å². The summed E-state index contributed by atoms with van der Waals surface area (Å²) >= 11 is 3.31. The molecule has 0 saturated carbocycles. The van der Waals surface area contributed by atoms with Gasteiger partial charge in [-0.15, -0.1) is 0 Å². The number of halogens is 3. The van der Waals surface area contributed by atoms with E-state index in [2.05, 4.69) is 21.2 Å². The quantitative estimate of drug-likeness (QED) is 0.591. The Bertz CT molecular complexity index is 824. The van der Waals surface area contributed by atoms with Gasteiger partial charge in [-0.25, -0.2) is 13.6 Å². The minimum atomic E-state index is -1.15. The molecule has 0 bridgehead atoms. The summed E-state index contributed by atoms with van der Waals surface area (Å²) in [4.78, 5) is 23.7. The van der Waals surface area contributed by atoms with Crippen LogP contribution in [0.25, 0.3) is 6.08 Å². The van der Waals surface area contributed by atoms with Crippen molar-refractivity contribution >= 4 is 39.6 Å². The highest BCUT2D eigenvalue weighted by molar-refractivity contribution is 9.10. The molecule has 0 saturated heterocycles. The number of ether oxygens (including phenoxy) is 1. The molecular formula is C18H14BrF2NO3. The Hall–Kier alpha value is -2.54. The second kappa shape index (κ2) is 8.53. The van der Waals surface area contributed by atoms with Crippen LogP contribution >= 0.6 is 15.9 Å². The Morgan fingerprint density at radius 1 is 1.20 bits per heavy atom. The van der Waals surface area contributed by atoms with Crippen molar-refractivity contribution in [1.29, 1.82) is 0 Å². The number of carbonyl (C=O) groups excluding carboxylic acids is 2. The molecule has 0 aromatic heterocycles. The van der Waals surface area contributed by atoms with Crippen molar-refractivity contribution in [3.63, 3.8) is 0 Å². The minimum Gasteiger partial charge on any atom is -0.449 e. The zero-order valence-corrected chi connectivity index (χ0v) is 14.7. The van der Waals surface area contributed by atoms with Gasteiger partial charge in [-0.3, -0.25) is 4.79 Å². The molecule has 7 heteroatoms. The predicted octanol–water partition coefficient (Wildman–Crippen LogP) is 4.31. The van der Waals surface area contributed by atoms with E-state index in [1.165, 1.54) is 19.1 Å². The molecule has 4 nitrogen and oxygen atoms in total. The number of benzene rings is 2. The van der Waals surface area contributed by atoms with Crippen molar-refractivity contribution < 1.29 is 23.1 Å². The lowest BCUT2D eigenvalue weighted by atomic mass is 10.2. The SMILES string of the molecule is C[C@H](OC(=O)/C=C/c1cccc(Br)c1)C(=O)Nc1ccc(F)cc1F. The van der Waals surface area contributed by atoms with Crippen molar-refractivity contribution in [2.24, 2.45) is 0 Å². The van der Waals surface area contributed by atoms with Crippen molar-refractivity contribution in [3.05, 3.63) is 70.2 Å². The number of hydrogen-bond acceptors (Lipinski definition) is 3. The van der Waals surface area contributed by atoms with Crippen LogP contribution in [0.15, 0.2) is 53.0 Å². The molecule has 0 aliphatic rings. The van der Waals surface area contributed by atoms with Gasteiger partial charge in [0, 0.05) is 16.6 Å². The number of hydrogen-bond donors (Lipinski definition) is 1. The smallest absolute Gasteiger partial charge is 0.331 e. The van der Waals surface area contributed by atoms with E-state index < -0.39 is 29.6 Å². The molecular weight excluding hydrogens is 396 g/mol. The fourth-order valence-electron chi connectivity index (χ4n) is 1.87. The Morgan fingerprint density at radius 2 is 1.96 bits per heavy atom. The van der Waals surface area contributed by atoms with Crippen LogP contribution in [-0.2, 0) is 14.3 Å². The Balaban J connectivity index is 1.92. The molecule has 2 rings (SSSR count). The third kappa shape index (κ3) is 5.79. The lowest BCUT2D eigenvalue weighted by Gasteiger charge is -2.12. The predicted molar refractivity (Wildman–Crippen MR) is 93.7 cm³/mol. The summed E-state index contributed by atoms with van der Waals surface area (Å²) in [6.45, 7) is 1.35. The second-order valence-corrected chi connectivity index (χ2v) is 6.00. The Kier molecular flexibility index (Phi) is 6.41. The molecule has 2 aromatic carbocycles. The van der Waals surface area contributed by atoms with E-state index >= 15 is 0 Å². The third-order valence-corrected chi connectivity index (χ3v) is 3.60. The molecule has 0 spiro atoms. The summed E-state index contributed by atoms with van der Waals surface area (Å²) in [5.41, 5.74) is 0.579. The Labute approximate surface area is 151 Å². The van der Waals surface area contributed by atoms with Gasteiger partial charge in [0.15, 0.2) is 6.10 Å². The highest BCUT2D eigenvalue weighted by atomic mass is 79.9. The number of rotatable bonds is 5. The molecule has 0 fully saturated rings. The number of esters is 1. The molecule has 1 N–H and O–H groups in total. The molecule has 1 atom stereocenters. The average molecular weight is 410 g/mol. The molecule has 2 aromatic rings. The van der Waals surface area contributed by atoms with Gasteiger partial charge in [0.2, 0.25) is 0 Å².